The van der Waals surface area contributed by atoms with Crippen molar-refractivity contribution in [2.45, 2.75) is 51.6 Å². The Hall–Kier alpha value is 0.1000. The van der Waals surface area contributed by atoms with E-state index in [0.717, 1.165) is 19.4 Å². The van der Waals surface area contributed by atoms with Gasteiger partial charge in [-0.05, 0) is 74.9 Å². The molecule has 0 aliphatic carbocycles. The molecule has 1 aromatic rings. The summed E-state index contributed by atoms with van der Waals surface area (Å²) in [6.07, 6.45) is 3.42. The topological polar surface area (TPSA) is 15.3 Å². The van der Waals surface area contributed by atoms with Crippen LogP contribution in [0.2, 0.25) is 0 Å². The van der Waals surface area contributed by atoms with Crippen LogP contribution in [0.3, 0.4) is 0 Å². The molecule has 0 saturated carbocycles. The van der Waals surface area contributed by atoms with E-state index in [9.17, 15) is 0 Å². The van der Waals surface area contributed by atoms with Crippen LogP contribution in [0.5, 0.6) is 0 Å². The normalized spacial score (nSPS) is 16.6. The summed E-state index contributed by atoms with van der Waals surface area (Å²) >= 11 is 5.40. The van der Waals surface area contributed by atoms with Crippen molar-refractivity contribution in [3.8, 4) is 0 Å². The average molecular weight is 347 g/mol. The van der Waals surface area contributed by atoms with Gasteiger partial charge in [0.05, 0.1) is 3.79 Å². The summed E-state index contributed by atoms with van der Waals surface area (Å²) in [7, 11) is 4.38. The number of likely N-dealkylation sites (N-methyl/N-ethyl adjacent to an activating group) is 1. The fourth-order valence-electron chi connectivity index (χ4n) is 2.37. The third-order valence-corrected chi connectivity index (χ3v) is 5.81. The van der Waals surface area contributed by atoms with Crippen LogP contribution in [0.15, 0.2) is 15.9 Å². The average Bonchev–Trinajstić information content (AvgIpc) is 2.78. The van der Waals surface area contributed by atoms with Gasteiger partial charge in [-0.15, -0.1) is 11.3 Å². The van der Waals surface area contributed by atoms with Gasteiger partial charge < -0.3 is 10.2 Å². The zero-order valence-electron chi connectivity index (χ0n) is 12.8. The van der Waals surface area contributed by atoms with Gasteiger partial charge in [-0.3, -0.25) is 0 Å². The molecule has 1 rings (SSSR count). The van der Waals surface area contributed by atoms with Gasteiger partial charge in [-0.2, -0.15) is 0 Å². The van der Waals surface area contributed by atoms with Crippen LogP contribution in [-0.4, -0.2) is 37.1 Å². The maximum atomic E-state index is 3.75. The minimum absolute atomic E-state index is 0.186. The Kier molecular flexibility index (Phi) is 7.01. The van der Waals surface area contributed by atoms with Crippen molar-refractivity contribution in [2.75, 3.05) is 20.6 Å². The van der Waals surface area contributed by atoms with E-state index in [-0.39, 0.29) is 5.54 Å². The first-order valence-electron chi connectivity index (χ1n) is 7.09. The number of nitrogens with zero attached hydrogens (tertiary/aromatic N) is 1. The molecule has 0 radical (unpaired) electrons. The molecule has 2 unspecified atom stereocenters. The first kappa shape index (κ1) is 17.2. The van der Waals surface area contributed by atoms with Crippen molar-refractivity contribution in [2.24, 2.45) is 0 Å². The molecule has 0 fully saturated rings. The number of nitrogens with one attached hydrogen (secondary N) is 1. The Balaban J connectivity index is 2.86. The predicted octanol–water partition coefficient (Wildman–Crippen LogP) is 4.15. The van der Waals surface area contributed by atoms with Gasteiger partial charge >= 0.3 is 0 Å². The minimum Gasteiger partial charge on any atom is -0.312 e. The van der Waals surface area contributed by atoms with Crippen molar-refractivity contribution in [1.29, 1.82) is 0 Å². The van der Waals surface area contributed by atoms with Gasteiger partial charge in [0.15, 0.2) is 0 Å². The Morgan fingerprint density at radius 2 is 2.05 bits per heavy atom. The Labute approximate surface area is 130 Å². The summed E-state index contributed by atoms with van der Waals surface area (Å²) in [4.78, 5) is 3.81. The molecular weight excluding hydrogens is 320 g/mol. The summed E-state index contributed by atoms with van der Waals surface area (Å²) in [5, 5.41) is 3.75. The van der Waals surface area contributed by atoms with Crippen LogP contribution in [0.1, 0.15) is 38.5 Å². The van der Waals surface area contributed by atoms with Crippen LogP contribution < -0.4 is 5.32 Å². The van der Waals surface area contributed by atoms with Crippen molar-refractivity contribution in [3.05, 3.63) is 20.8 Å². The second-order valence-corrected chi connectivity index (χ2v) is 8.07. The standard InChI is InChI=1S/C15H27BrN2S/c1-6-10-17-13(15(3,7-2)18(4)5)11-12-8-9-14(16)19-12/h8-9,13,17H,6-7,10-11H2,1-5H3. The molecule has 110 valence electrons. The molecule has 1 aromatic heterocycles. The summed E-state index contributed by atoms with van der Waals surface area (Å²) in [6.45, 7) is 7.96. The number of thiophene rings is 1. The van der Waals surface area contributed by atoms with Gasteiger partial charge in [-0.1, -0.05) is 13.8 Å². The molecule has 2 atom stereocenters. The van der Waals surface area contributed by atoms with Gasteiger partial charge in [0.25, 0.3) is 0 Å². The predicted molar refractivity (Wildman–Crippen MR) is 90.2 cm³/mol. The number of hydrogen-bond donors (Lipinski definition) is 1. The van der Waals surface area contributed by atoms with Gasteiger partial charge in [0.2, 0.25) is 0 Å². The van der Waals surface area contributed by atoms with Crippen LogP contribution in [-0.2, 0) is 6.42 Å². The Bertz CT molecular complexity index is 378. The number of halogens is 1. The molecule has 0 spiro atoms. The van der Waals surface area contributed by atoms with E-state index in [0.29, 0.717) is 6.04 Å². The first-order valence-corrected chi connectivity index (χ1v) is 8.70. The zero-order valence-corrected chi connectivity index (χ0v) is 15.2. The van der Waals surface area contributed by atoms with E-state index in [2.05, 4.69) is 73.1 Å². The smallest absolute Gasteiger partial charge is 0.0701 e. The zero-order chi connectivity index (χ0) is 14.5. The lowest BCUT2D eigenvalue weighted by Gasteiger charge is -2.43. The highest BCUT2D eigenvalue weighted by molar-refractivity contribution is 9.11. The van der Waals surface area contributed by atoms with E-state index in [1.807, 2.05) is 11.3 Å². The lowest BCUT2D eigenvalue weighted by Crippen LogP contribution is -2.57. The van der Waals surface area contributed by atoms with Crippen molar-refractivity contribution < 1.29 is 0 Å². The van der Waals surface area contributed by atoms with E-state index >= 15 is 0 Å². The summed E-state index contributed by atoms with van der Waals surface area (Å²) < 4.78 is 1.22. The lowest BCUT2D eigenvalue weighted by atomic mass is 9.85. The molecule has 0 aliphatic rings. The Morgan fingerprint density at radius 1 is 1.37 bits per heavy atom. The molecule has 0 bridgehead atoms. The van der Waals surface area contributed by atoms with E-state index in [4.69, 9.17) is 0 Å². The van der Waals surface area contributed by atoms with Crippen LogP contribution in [0.25, 0.3) is 0 Å². The molecule has 1 N–H and O–H groups in total. The van der Waals surface area contributed by atoms with E-state index in [1.54, 1.807) is 0 Å². The molecular formula is C15H27BrN2S. The second kappa shape index (κ2) is 7.77. The highest BCUT2D eigenvalue weighted by Crippen LogP contribution is 2.28. The number of rotatable bonds is 8. The maximum Gasteiger partial charge on any atom is 0.0701 e. The van der Waals surface area contributed by atoms with Gasteiger partial charge in [0.1, 0.15) is 0 Å². The second-order valence-electron chi connectivity index (χ2n) is 5.52. The first-order chi connectivity index (χ1) is 8.93. The highest BCUT2D eigenvalue weighted by Gasteiger charge is 2.34. The quantitative estimate of drug-likeness (QED) is 0.760. The molecule has 2 nitrogen and oxygen atoms in total. The highest BCUT2D eigenvalue weighted by atomic mass is 79.9. The Morgan fingerprint density at radius 3 is 2.47 bits per heavy atom. The fourth-order valence-corrected chi connectivity index (χ4v) is 3.90. The monoisotopic (exact) mass is 346 g/mol. The number of hydrogen-bond acceptors (Lipinski definition) is 3. The summed E-state index contributed by atoms with van der Waals surface area (Å²) in [5.41, 5.74) is 0.186. The van der Waals surface area contributed by atoms with Crippen LogP contribution in [0.4, 0.5) is 0 Å². The maximum absolute atomic E-state index is 3.75. The largest absolute Gasteiger partial charge is 0.312 e. The molecule has 1 heterocycles. The van der Waals surface area contributed by atoms with Crippen molar-refractivity contribution >= 4 is 27.3 Å². The van der Waals surface area contributed by atoms with Crippen molar-refractivity contribution in [3.63, 3.8) is 0 Å². The molecule has 4 heteroatoms. The van der Waals surface area contributed by atoms with Crippen LogP contribution in [0, 0.1) is 0 Å². The van der Waals surface area contributed by atoms with Crippen LogP contribution >= 0.6 is 27.3 Å². The molecule has 19 heavy (non-hydrogen) atoms. The summed E-state index contributed by atoms with van der Waals surface area (Å²) in [6, 6.07) is 4.87. The fraction of sp³-hybridized carbons (Fsp3) is 0.733. The minimum atomic E-state index is 0.186. The van der Waals surface area contributed by atoms with Gasteiger partial charge in [0, 0.05) is 16.5 Å². The lowest BCUT2D eigenvalue weighted by molar-refractivity contribution is 0.113. The third-order valence-electron chi connectivity index (χ3n) is 4.16. The molecule has 0 amide bonds. The van der Waals surface area contributed by atoms with Gasteiger partial charge in [-0.25, -0.2) is 0 Å². The third kappa shape index (κ3) is 4.55. The van der Waals surface area contributed by atoms with E-state index in [1.165, 1.54) is 15.1 Å². The SMILES string of the molecule is CCCNC(Cc1ccc(Br)s1)C(C)(CC)N(C)C. The van der Waals surface area contributed by atoms with Crippen molar-refractivity contribution in [1.82, 2.24) is 10.2 Å². The molecule has 0 saturated heterocycles. The molecule has 0 aliphatic heterocycles. The molecule has 0 aromatic carbocycles. The summed E-state index contributed by atoms with van der Waals surface area (Å²) in [5.74, 6) is 0. The van der Waals surface area contributed by atoms with E-state index < -0.39 is 0 Å².